The minimum absolute atomic E-state index is 0.0242. The first-order valence-electron chi connectivity index (χ1n) is 13.2. The van der Waals surface area contributed by atoms with Crippen molar-refractivity contribution < 1.29 is 69.0 Å². The van der Waals surface area contributed by atoms with E-state index in [0.29, 0.717) is 0 Å². The molecule has 2 aromatic rings. The summed E-state index contributed by atoms with van der Waals surface area (Å²) in [5.74, 6) is -4.45. The molecule has 0 bridgehead atoms. The average molecular weight is 603 g/mol. The lowest BCUT2D eigenvalue weighted by Gasteiger charge is -2.47. The zero-order valence-electron chi connectivity index (χ0n) is 22.5. The van der Waals surface area contributed by atoms with Crippen LogP contribution in [0.1, 0.15) is 16.8 Å². The minimum Gasteiger partial charge on any atom is -0.508 e. The molecule has 0 aliphatic carbocycles. The van der Waals surface area contributed by atoms with Gasteiger partial charge in [0.05, 0.1) is 25.4 Å². The van der Waals surface area contributed by atoms with Gasteiger partial charge in [-0.25, -0.2) is 9.59 Å². The number of aromatic hydroxyl groups is 3. The van der Waals surface area contributed by atoms with Crippen LogP contribution < -0.4 is 0 Å². The molecule has 0 aromatic heterocycles. The summed E-state index contributed by atoms with van der Waals surface area (Å²) in [4.78, 5) is 25.8. The number of rotatable bonds is 7. The molecular weight excluding hydrogens is 572 g/mol. The van der Waals surface area contributed by atoms with Crippen LogP contribution in [0, 0.1) is 5.92 Å². The van der Waals surface area contributed by atoms with Crippen molar-refractivity contribution in [1.82, 2.24) is 0 Å². The lowest BCUT2D eigenvalue weighted by molar-refractivity contribution is -0.343. The zero-order valence-corrected chi connectivity index (χ0v) is 22.5. The van der Waals surface area contributed by atoms with Crippen molar-refractivity contribution in [3.8, 4) is 28.4 Å². The van der Waals surface area contributed by atoms with E-state index in [1.165, 1.54) is 30.3 Å². The van der Waals surface area contributed by atoms with Gasteiger partial charge in [-0.15, -0.1) is 6.58 Å². The molecule has 0 spiro atoms. The number of phenolic OH excluding ortho intramolecular Hbond substituents is 3. The van der Waals surface area contributed by atoms with E-state index >= 15 is 0 Å². The van der Waals surface area contributed by atoms with Crippen LogP contribution in [0.2, 0.25) is 0 Å². The average Bonchev–Trinajstić information content (AvgIpc) is 2.97. The summed E-state index contributed by atoms with van der Waals surface area (Å²) in [5, 5.41) is 73.7. The summed E-state index contributed by atoms with van der Waals surface area (Å²) in [6.45, 7) is 2.82. The number of ether oxygens (including phenoxy) is 5. The van der Waals surface area contributed by atoms with Gasteiger partial charge in [0.2, 0.25) is 12.6 Å². The van der Waals surface area contributed by atoms with Crippen LogP contribution in [0.5, 0.6) is 17.2 Å². The number of esters is 2. The second kappa shape index (κ2) is 11.8. The first-order chi connectivity index (χ1) is 20.5. The maximum Gasteiger partial charge on any atom is 0.343 e. The summed E-state index contributed by atoms with van der Waals surface area (Å²) in [6.07, 6.45) is -7.87. The SMILES string of the molecule is C=CC1C(OC2OC(CO)C(O)C(O)C2OC(=O)c2c(O)ccc(O)c2-c2cccc(O)c2)OC=C2C(=O)OCCC21O. The molecule has 14 nitrogen and oxygen atoms in total. The van der Waals surface area contributed by atoms with Crippen LogP contribution in [0.4, 0.5) is 0 Å². The fourth-order valence-electron chi connectivity index (χ4n) is 5.40. The van der Waals surface area contributed by atoms with Crippen LogP contribution in [0.15, 0.2) is 60.9 Å². The van der Waals surface area contributed by atoms with E-state index in [4.69, 9.17) is 23.7 Å². The molecule has 3 heterocycles. The third-order valence-corrected chi connectivity index (χ3v) is 7.66. The molecule has 8 atom stereocenters. The normalized spacial score (nSPS) is 32.0. The highest BCUT2D eigenvalue weighted by Crippen LogP contribution is 2.43. The Bertz CT molecular complexity index is 1440. The van der Waals surface area contributed by atoms with Gasteiger partial charge in [-0.2, -0.15) is 0 Å². The van der Waals surface area contributed by atoms with Gasteiger partial charge in [0.1, 0.15) is 52.3 Å². The van der Waals surface area contributed by atoms with Gasteiger partial charge in [0.15, 0.2) is 6.10 Å². The highest BCUT2D eigenvalue weighted by Gasteiger charge is 2.55. The monoisotopic (exact) mass is 602 g/mol. The summed E-state index contributed by atoms with van der Waals surface area (Å²) < 4.78 is 27.5. The van der Waals surface area contributed by atoms with E-state index in [9.17, 15) is 45.3 Å². The summed E-state index contributed by atoms with van der Waals surface area (Å²) in [5.41, 5.74) is -2.59. The molecule has 5 rings (SSSR count). The first-order valence-corrected chi connectivity index (χ1v) is 13.2. The van der Waals surface area contributed by atoms with E-state index < -0.39 is 84.1 Å². The summed E-state index contributed by atoms with van der Waals surface area (Å²) in [7, 11) is 0. The lowest BCUT2D eigenvalue weighted by atomic mass is 9.76. The highest BCUT2D eigenvalue weighted by atomic mass is 16.8. The van der Waals surface area contributed by atoms with Gasteiger partial charge < -0.3 is 59.4 Å². The number of benzene rings is 2. The molecule has 0 amide bonds. The lowest BCUT2D eigenvalue weighted by Crippen LogP contribution is -2.62. The number of hydrogen-bond donors (Lipinski definition) is 7. The van der Waals surface area contributed by atoms with E-state index in [1.807, 2.05) is 0 Å². The van der Waals surface area contributed by atoms with Crippen LogP contribution in [-0.4, -0.2) is 103 Å². The van der Waals surface area contributed by atoms with Gasteiger partial charge in [-0.05, 0) is 29.8 Å². The van der Waals surface area contributed by atoms with Crippen molar-refractivity contribution in [2.45, 2.75) is 49.0 Å². The number of hydrogen-bond acceptors (Lipinski definition) is 14. The van der Waals surface area contributed by atoms with Crippen molar-refractivity contribution in [2.75, 3.05) is 13.2 Å². The quantitative estimate of drug-likeness (QED) is 0.128. The van der Waals surface area contributed by atoms with Crippen LogP contribution in [0.25, 0.3) is 11.1 Å². The predicted molar refractivity (Wildman–Crippen MR) is 142 cm³/mol. The van der Waals surface area contributed by atoms with Crippen LogP contribution in [-0.2, 0) is 28.5 Å². The van der Waals surface area contributed by atoms with Crippen molar-refractivity contribution in [2.24, 2.45) is 5.92 Å². The Balaban J connectivity index is 1.48. The molecule has 8 unspecified atom stereocenters. The molecular formula is C29H30O14. The van der Waals surface area contributed by atoms with Crippen molar-refractivity contribution in [3.05, 3.63) is 66.5 Å². The Hall–Kier alpha value is -4.18. The Morgan fingerprint density at radius 3 is 2.53 bits per heavy atom. The fourth-order valence-corrected chi connectivity index (χ4v) is 5.40. The van der Waals surface area contributed by atoms with Gasteiger partial charge in [-0.3, -0.25) is 0 Å². The van der Waals surface area contributed by atoms with Crippen molar-refractivity contribution in [3.63, 3.8) is 0 Å². The molecule has 3 aliphatic rings. The van der Waals surface area contributed by atoms with E-state index in [1.54, 1.807) is 0 Å². The van der Waals surface area contributed by atoms with Crippen LogP contribution >= 0.6 is 0 Å². The molecule has 0 radical (unpaired) electrons. The number of carbonyl (C=O) groups is 2. The van der Waals surface area contributed by atoms with Crippen molar-refractivity contribution >= 4 is 11.9 Å². The number of phenols is 3. The Labute approximate surface area is 244 Å². The van der Waals surface area contributed by atoms with Gasteiger partial charge >= 0.3 is 11.9 Å². The maximum atomic E-state index is 13.5. The molecule has 2 fully saturated rings. The highest BCUT2D eigenvalue weighted by molar-refractivity contribution is 6.02. The molecule has 7 N–H and O–H groups in total. The molecule has 230 valence electrons. The minimum atomic E-state index is -1.91. The largest absolute Gasteiger partial charge is 0.508 e. The third kappa shape index (κ3) is 5.40. The summed E-state index contributed by atoms with van der Waals surface area (Å²) >= 11 is 0. The van der Waals surface area contributed by atoms with Gasteiger partial charge in [-0.1, -0.05) is 18.2 Å². The van der Waals surface area contributed by atoms with E-state index in [-0.39, 0.29) is 35.5 Å². The van der Waals surface area contributed by atoms with Crippen molar-refractivity contribution in [1.29, 1.82) is 0 Å². The Morgan fingerprint density at radius 1 is 1.09 bits per heavy atom. The molecule has 14 heteroatoms. The number of aliphatic hydroxyl groups excluding tert-OH is 3. The maximum absolute atomic E-state index is 13.5. The molecule has 3 aliphatic heterocycles. The number of carbonyl (C=O) groups excluding carboxylic acids is 2. The Morgan fingerprint density at radius 2 is 1.84 bits per heavy atom. The number of aliphatic hydroxyl groups is 4. The number of fused-ring (bicyclic) bond motifs is 1. The van der Waals surface area contributed by atoms with E-state index in [0.717, 1.165) is 18.4 Å². The Kier molecular flexibility index (Phi) is 8.34. The topological polar surface area (TPSA) is 222 Å². The molecule has 2 aromatic carbocycles. The smallest absolute Gasteiger partial charge is 0.343 e. The van der Waals surface area contributed by atoms with Gasteiger partial charge in [0, 0.05) is 12.0 Å². The number of cyclic esters (lactones) is 1. The molecule has 43 heavy (non-hydrogen) atoms. The predicted octanol–water partition coefficient (Wildman–Crippen LogP) is 0.172. The molecule has 0 saturated carbocycles. The van der Waals surface area contributed by atoms with Crippen LogP contribution in [0.3, 0.4) is 0 Å². The van der Waals surface area contributed by atoms with Gasteiger partial charge in [0.25, 0.3) is 0 Å². The first kappa shape index (κ1) is 30.3. The fraction of sp³-hybridized carbons (Fsp3) is 0.379. The second-order valence-corrected chi connectivity index (χ2v) is 10.2. The van der Waals surface area contributed by atoms with E-state index in [2.05, 4.69) is 6.58 Å². The molecule has 2 saturated heterocycles. The summed E-state index contributed by atoms with van der Waals surface area (Å²) in [6, 6.07) is 7.63. The third-order valence-electron chi connectivity index (χ3n) is 7.66. The second-order valence-electron chi connectivity index (χ2n) is 10.2. The zero-order chi connectivity index (χ0) is 31.1. The standard InChI is InChI=1S/C29H30O14/c1-2-15-27(40-12-16-25(36)39-9-8-29(15,16)38)43-28-24(23(35)22(34)19(11-30)41-28)42-26(37)21-18(33)7-6-17(32)20(21)13-4-3-5-14(31)10-13/h2-7,10,12,15,19,22-24,27-28,30-35,38H,1,8-9,11H2.